The van der Waals surface area contributed by atoms with Gasteiger partial charge < -0.3 is 4.90 Å². The van der Waals surface area contributed by atoms with Crippen LogP contribution in [0.1, 0.15) is 32.3 Å². The lowest BCUT2D eigenvalue weighted by Crippen LogP contribution is -2.35. The fraction of sp³-hybridized carbons (Fsp3) is 0.350. The summed E-state index contributed by atoms with van der Waals surface area (Å²) in [4.78, 5) is 14.5. The van der Waals surface area contributed by atoms with Crippen LogP contribution >= 0.6 is 0 Å². The average molecular weight is 295 g/mol. The Morgan fingerprint density at radius 3 is 2.00 bits per heavy atom. The molecule has 2 heteroatoms. The van der Waals surface area contributed by atoms with E-state index in [4.69, 9.17) is 0 Å². The van der Waals surface area contributed by atoms with Gasteiger partial charge in [0, 0.05) is 14.1 Å². The zero-order valence-corrected chi connectivity index (χ0v) is 14.1. The number of carbonyl (C=O) groups excluding carboxylic acids is 1. The van der Waals surface area contributed by atoms with Gasteiger partial charge in [0.25, 0.3) is 0 Å². The molecule has 0 aliphatic rings. The molecule has 0 heterocycles. The van der Waals surface area contributed by atoms with Gasteiger partial charge >= 0.3 is 0 Å². The highest BCUT2D eigenvalue weighted by Crippen LogP contribution is 2.40. The summed E-state index contributed by atoms with van der Waals surface area (Å²) in [6, 6.07) is 18.5. The van der Waals surface area contributed by atoms with E-state index < -0.39 is 0 Å². The second-order valence-electron chi connectivity index (χ2n) is 6.98. The molecule has 2 nitrogen and oxygen atoms in total. The van der Waals surface area contributed by atoms with Crippen LogP contribution in [0, 0.1) is 5.41 Å². The minimum atomic E-state index is -0.168. The molecule has 116 valence electrons. The fourth-order valence-electron chi connectivity index (χ4n) is 2.86. The van der Waals surface area contributed by atoms with Gasteiger partial charge in [-0.15, -0.1) is 0 Å². The molecular formula is C20H25NO. The monoisotopic (exact) mass is 295 g/mol. The van der Waals surface area contributed by atoms with Crippen molar-refractivity contribution in [3.8, 4) is 11.1 Å². The van der Waals surface area contributed by atoms with Crippen LogP contribution in [0.25, 0.3) is 11.1 Å². The highest BCUT2D eigenvalue weighted by molar-refractivity contribution is 5.87. The summed E-state index contributed by atoms with van der Waals surface area (Å²) in [5.74, 6) is -0.0187. The van der Waals surface area contributed by atoms with Crippen LogP contribution < -0.4 is 0 Å². The molecule has 0 radical (unpaired) electrons. The Bertz CT molecular complexity index is 638. The van der Waals surface area contributed by atoms with Crippen LogP contribution in [0.5, 0.6) is 0 Å². The van der Waals surface area contributed by atoms with Crippen molar-refractivity contribution in [3.63, 3.8) is 0 Å². The summed E-state index contributed by atoms with van der Waals surface area (Å²) < 4.78 is 0. The van der Waals surface area contributed by atoms with E-state index in [0.29, 0.717) is 0 Å². The van der Waals surface area contributed by atoms with E-state index in [1.165, 1.54) is 0 Å². The number of carbonyl (C=O) groups is 1. The average Bonchev–Trinajstić information content (AvgIpc) is 2.47. The summed E-state index contributed by atoms with van der Waals surface area (Å²) in [5.41, 5.74) is 3.24. The third kappa shape index (κ3) is 3.38. The van der Waals surface area contributed by atoms with Crippen LogP contribution in [-0.2, 0) is 4.79 Å². The summed E-state index contributed by atoms with van der Waals surface area (Å²) in [6.07, 6.45) is 0. The topological polar surface area (TPSA) is 20.3 Å². The minimum absolute atomic E-state index is 0.147. The van der Waals surface area contributed by atoms with E-state index >= 15 is 0 Å². The van der Waals surface area contributed by atoms with Crippen LogP contribution in [0.2, 0.25) is 0 Å². The van der Waals surface area contributed by atoms with Crippen molar-refractivity contribution in [1.82, 2.24) is 4.90 Å². The molecule has 0 spiro atoms. The fourth-order valence-corrected chi connectivity index (χ4v) is 2.86. The quantitative estimate of drug-likeness (QED) is 0.812. The predicted octanol–water partition coefficient (Wildman–Crippen LogP) is 4.57. The molecule has 0 aliphatic carbocycles. The number of likely N-dealkylation sites (N-methyl/N-ethyl adjacent to an activating group) is 1. The summed E-state index contributed by atoms with van der Waals surface area (Å²) in [6.45, 7) is 6.38. The molecule has 0 fully saturated rings. The van der Waals surface area contributed by atoms with Gasteiger partial charge in [-0.2, -0.15) is 0 Å². The molecule has 1 unspecified atom stereocenters. The van der Waals surface area contributed by atoms with Crippen LogP contribution in [0.4, 0.5) is 0 Å². The number of nitrogens with zero attached hydrogens (tertiary/aromatic N) is 1. The smallest absolute Gasteiger partial charge is 0.230 e. The Labute approximate surface area is 133 Å². The molecule has 0 aliphatic heterocycles. The van der Waals surface area contributed by atoms with Gasteiger partial charge in [-0.05, 0) is 22.1 Å². The largest absolute Gasteiger partial charge is 0.348 e. The molecule has 0 saturated carbocycles. The van der Waals surface area contributed by atoms with Gasteiger partial charge in [0.15, 0.2) is 0 Å². The third-order valence-corrected chi connectivity index (χ3v) is 3.91. The predicted molar refractivity (Wildman–Crippen MR) is 92.8 cm³/mol. The van der Waals surface area contributed by atoms with Crippen LogP contribution in [-0.4, -0.2) is 24.9 Å². The molecule has 0 aromatic heterocycles. The van der Waals surface area contributed by atoms with Crippen molar-refractivity contribution < 1.29 is 4.79 Å². The van der Waals surface area contributed by atoms with E-state index in [1.807, 2.05) is 44.4 Å². The highest BCUT2D eigenvalue weighted by Gasteiger charge is 2.35. The van der Waals surface area contributed by atoms with Crippen LogP contribution in [0.3, 0.4) is 0 Å². The van der Waals surface area contributed by atoms with Crippen molar-refractivity contribution >= 4 is 5.91 Å². The number of benzene rings is 2. The Morgan fingerprint density at radius 1 is 0.909 bits per heavy atom. The lowest BCUT2D eigenvalue weighted by Gasteiger charge is -2.33. The van der Waals surface area contributed by atoms with Gasteiger partial charge in [-0.1, -0.05) is 75.4 Å². The first-order valence-corrected chi connectivity index (χ1v) is 7.68. The van der Waals surface area contributed by atoms with E-state index in [2.05, 4.69) is 45.0 Å². The van der Waals surface area contributed by atoms with Gasteiger partial charge in [-0.25, -0.2) is 0 Å². The van der Waals surface area contributed by atoms with E-state index in [-0.39, 0.29) is 17.2 Å². The van der Waals surface area contributed by atoms with Crippen molar-refractivity contribution in [1.29, 1.82) is 0 Å². The molecule has 22 heavy (non-hydrogen) atoms. The summed E-state index contributed by atoms with van der Waals surface area (Å²) in [5, 5.41) is 0. The zero-order chi connectivity index (χ0) is 16.3. The molecule has 0 saturated heterocycles. The van der Waals surface area contributed by atoms with Gasteiger partial charge in [0.2, 0.25) is 5.91 Å². The molecular weight excluding hydrogens is 270 g/mol. The van der Waals surface area contributed by atoms with Crippen molar-refractivity contribution in [3.05, 3.63) is 60.2 Å². The van der Waals surface area contributed by atoms with Crippen molar-refractivity contribution in [2.45, 2.75) is 26.7 Å². The second kappa shape index (κ2) is 6.35. The number of rotatable bonds is 3. The van der Waals surface area contributed by atoms with E-state index in [1.54, 1.807) is 4.90 Å². The molecule has 2 aromatic carbocycles. The molecule has 0 N–H and O–H groups in total. The maximum Gasteiger partial charge on any atom is 0.230 e. The lowest BCUT2D eigenvalue weighted by molar-refractivity contribution is -0.132. The normalized spacial score (nSPS) is 12.8. The standard InChI is InChI=1S/C20H25NO/c1-20(2,3)18(19(22)21(4)5)17-14-10-9-13-16(17)15-11-7-6-8-12-15/h6-14,18H,1-5H3. The third-order valence-electron chi connectivity index (χ3n) is 3.91. The first-order chi connectivity index (χ1) is 10.3. The van der Waals surface area contributed by atoms with Gasteiger partial charge in [-0.3, -0.25) is 4.79 Å². The van der Waals surface area contributed by atoms with Crippen LogP contribution in [0.15, 0.2) is 54.6 Å². The maximum atomic E-state index is 12.8. The second-order valence-corrected chi connectivity index (χ2v) is 6.98. The summed E-state index contributed by atoms with van der Waals surface area (Å²) in [7, 11) is 3.65. The Hall–Kier alpha value is -2.09. The molecule has 1 atom stereocenters. The molecule has 1 amide bonds. The van der Waals surface area contributed by atoms with Gasteiger partial charge in [0.1, 0.15) is 0 Å². The zero-order valence-electron chi connectivity index (χ0n) is 14.1. The number of amides is 1. The van der Waals surface area contributed by atoms with Crippen molar-refractivity contribution in [2.75, 3.05) is 14.1 Å². The molecule has 2 rings (SSSR count). The first-order valence-electron chi connectivity index (χ1n) is 7.68. The minimum Gasteiger partial charge on any atom is -0.348 e. The van der Waals surface area contributed by atoms with E-state index in [0.717, 1.165) is 16.7 Å². The van der Waals surface area contributed by atoms with Gasteiger partial charge in [0.05, 0.1) is 5.92 Å². The van der Waals surface area contributed by atoms with Crippen molar-refractivity contribution in [2.24, 2.45) is 5.41 Å². The molecule has 2 aromatic rings. The highest BCUT2D eigenvalue weighted by atomic mass is 16.2. The number of hydrogen-bond acceptors (Lipinski definition) is 1. The Kier molecular flexibility index (Phi) is 4.70. The summed E-state index contributed by atoms with van der Waals surface area (Å²) >= 11 is 0. The first kappa shape index (κ1) is 16.3. The Balaban J connectivity index is 2.61. The number of hydrogen-bond donors (Lipinski definition) is 0. The van der Waals surface area contributed by atoms with E-state index in [9.17, 15) is 4.79 Å². The maximum absolute atomic E-state index is 12.8. The SMILES string of the molecule is CN(C)C(=O)C(c1ccccc1-c1ccccc1)C(C)(C)C. The molecule has 0 bridgehead atoms. The Morgan fingerprint density at radius 2 is 1.45 bits per heavy atom. The lowest BCUT2D eigenvalue weighted by atomic mass is 9.73.